The number of fused-ring (bicyclic) bond motifs is 3. The van der Waals surface area contributed by atoms with Crippen LogP contribution < -0.4 is 16.4 Å². The minimum absolute atomic E-state index is 0.253. The van der Waals surface area contributed by atoms with Gasteiger partial charge in [0.1, 0.15) is 0 Å². The van der Waals surface area contributed by atoms with E-state index in [-0.39, 0.29) is 6.71 Å². The highest BCUT2D eigenvalue weighted by Gasteiger charge is 2.32. The number of hydrogen-bond acceptors (Lipinski definition) is 0. The third-order valence-electron chi connectivity index (χ3n) is 8.50. The summed E-state index contributed by atoms with van der Waals surface area (Å²) in [4.78, 5) is 0. The van der Waals surface area contributed by atoms with Crippen molar-refractivity contribution in [2.24, 2.45) is 0 Å². The molecule has 1 aliphatic heterocycles. The molecular formula is C41H35B. The van der Waals surface area contributed by atoms with Crippen LogP contribution in [-0.4, -0.2) is 6.71 Å². The zero-order valence-corrected chi connectivity index (χ0v) is 24.6. The minimum atomic E-state index is 0.253. The fourth-order valence-corrected chi connectivity index (χ4v) is 6.42. The Morgan fingerprint density at radius 2 is 1.26 bits per heavy atom. The normalized spacial score (nSPS) is 13.1. The molecule has 1 heterocycles. The molecule has 0 N–H and O–H groups in total. The van der Waals surface area contributed by atoms with Crippen LogP contribution in [0.5, 0.6) is 0 Å². The predicted molar refractivity (Wildman–Crippen MR) is 186 cm³/mol. The topological polar surface area (TPSA) is 0 Å². The van der Waals surface area contributed by atoms with Gasteiger partial charge < -0.3 is 0 Å². The summed E-state index contributed by atoms with van der Waals surface area (Å²) in [6, 6.07) is 44.3. The molecular weight excluding hydrogens is 503 g/mol. The molecule has 6 rings (SSSR count). The van der Waals surface area contributed by atoms with Gasteiger partial charge >= 0.3 is 0 Å². The molecule has 5 aromatic carbocycles. The summed E-state index contributed by atoms with van der Waals surface area (Å²) in [5.74, 6) is 0. The van der Waals surface area contributed by atoms with Crippen molar-refractivity contribution in [2.75, 3.05) is 0 Å². The number of allylic oxidation sites excluding steroid dienone is 7. The van der Waals surface area contributed by atoms with Crippen LogP contribution in [-0.2, 0) is 0 Å². The molecule has 0 atom stereocenters. The summed E-state index contributed by atoms with van der Waals surface area (Å²) >= 11 is 0. The average molecular weight is 539 g/mol. The average Bonchev–Trinajstić information content (AvgIpc) is 3.39. The van der Waals surface area contributed by atoms with Crippen molar-refractivity contribution in [3.63, 3.8) is 0 Å². The molecule has 0 unspecified atom stereocenters. The maximum absolute atomic E-state index is 4.19. The largest absolute Gasteiger partial charge is 0.242 e. The zero-order valence-electron chi connectivity index (χ0n) is 24.6. The van der Waals surface area contributed by atoms with E-state index < -0.39 is 0 Å². The minimum Gasteiger partial charge on any atom is -0.0984 e. The number of rotatable bonds is 7. The Labute approximate surface area is 251 Å². The quantitative estimate of drug-likeness (QED) is 0.108. The van der Waals surface area contributed by atoms with Crippen LogP contribution in [0.15, 0.2) is 152 Å². The van der Waals surface area contributed by atoms with Crippen LogP contribution in [0.25, 0.3) is 39.0 Å². The van der Waals surface area contributed by atoms with Gasteiger partial charge in [0, 0.05) is 0 Å². The lowest BCUT2D eigenvalue weighted by molar-refractivity contribution is 1.51. The van der Waals surface area contributed by atoms with Gasteiger partial charge in [0.05, 0.1) is 0 Å². The van der Waals surface area contributed by atoms with E-state index in [1.807, 2.05) is 6.08 Å². The van der Waals surface area contributed by atoms with Crippen LogP contribution >= 0.6 is 0 Å². The van der Waals surface area contributed by atoms with Gasteiger partial charge in [-0.2, -0.15) is 0 Å². The monoisotopic (exact) mass is 538 g/mol. The first-order chi connectivity index (χ1) is 20.6. The number of hydrogen-bond donors (Lipinski definition) is 0. The highest BCUT2D eigenvalue weighted by Crippen LogP contribution is 2.35. The van der Waals surface area contributed by atoms with Gasteiger partial charge in [-0.1, -0.05) is 163 Å². The smallest absolute Gasteiger partial charge is 0.0984 e. The van der Waals surface area contributed by atoms with E-state index in [1.54, 1.807) is 0 Å². The Bertz CT molecular complexity index is 1800. The molecule has 0 fully saturated rings. The molecule has 5 aromatic rings. The first kappa shape index (κ1) is 27.3. The van der Waals surface area contributed by atoms with Gasteiger partial charge in [-0.25, -0.2) is 0 Å². The van der Waals surface area contributed by atoms with Gasteiger partial charge in [-0.05, 0) is 82.5 Å². The second kappa shape index (κ2) is 11.9. The van der Waals surface area contributed by atoms with E-state index in [0.29, 0.717) is 0 Å². The van der Waals surface area contributed by atoms with Gasteiger partial charge in [-0.3, -0.25) is 0 Å². The first-order valence-corrected chi connectivity index (χ1v) is 14.8. The van der Waals surface area contributed by atoms with E-state index in [2.05, 4.69) is 167 Å². The van der Waals surface area contributed by atoms with Crippen LogP contribution in [0.3, 0.4) is 0 Å². The molecule has 1 aliphatic rings. The Morgan fingerprint density at radius 3 is 1.86 bits per heavy atom. The van der Waals surface area contributed by atoms with Gasteiger partial charge in [0.2, 0.25) is 6.71 Å². The molecule has 0 amide bonds. The number of benzene rings is 5. The molecule has 0 nitrogen and oxygen atoms in total. The van der Waals surface area contributed by atoms with Crippen molar-refractivity contribution < 1.29 is 0 Å². The van der Waals surface area contributed by atoms with Crippen LogP contribution in [0.2, 0.25) is 0 Å². The van der Waals surface area contributed by atoms with E-state index in [4.69, 9.17) is 0 Å². The van der Waals surface area contributed by atoms with E-state index in [0.717, 1.165) is 5.57 Å². The molecule has 0 saturated heterocycles. The van der Waals surface area contributed by atoms with Crippen molar-refractivity contribution in [3.05, 3.63) is 169 Å². The van der Waals surface area contributed by atoms with E-state index in [9.17, 15) is 0 Å². The lowest BCUT2D eigenvalue weighted by Gasteiger charge is -2.17. The second-order valence-corrected chi connectivity index (χ2v) is 10.8. The summed E-state index contributed by atoms with van der Waals surface area (Å²) < 4.78 is 0. The Morgan fingerprint density at radius 1 is 0.643 bits per heavy atom. The van der Waals surface area contributed by atoms with Crippen molar-refractivity contribution >= 4 is 39.8 Å². The molecule has 0 bridgehead atoms. The zero-order chi connectivity index (χ0) is 29.1. The highest BCUT2D eigenvalue weighted by molar-refractivity contribution is 6.99. The lowest BCUT2D eigenvalue weighted by Crippen LogP contribution is -2.48. The summed E-state index contributed by atoms with van der Waals surface area (Å²) in [7, 11) is 0. The summed E-state index contributed by atoms with van der Waals surface area (Å²) in [6.07, 6.45) is 8.50. The van der Waals surface area contributed by atoms with E-state index >= 15 is 0 Å². The maximum atomic E-state index is 4.19. The van der Waals surface area contributed by atoms with Crippen LogP contribution in [0, 0.1) is 0 Å². The SMILES string of the molecule is C=C/C(=C(\C)c1ccccc1)c1ccc(-c2ccc(B3c4ccccc4-c4ccccc43)cc2)c(C(/C=C\C)=C/C)c1. The third kappa shape index (κ3) is 4.93. The maximum Gasteiger partial charge on any atom is 0.242 e. The standard InChI is InChI=1S/C41H35B/c1-5-15-30(6-2)39-28-33(35(7-3)29(4)31-16-9-8-10-17-31)24-27-36(39)32-22-25-34(26-23-32)42-40-20-13-11-18-37(40)38-19-12-14-21-41(38)42/h5-28H,3H2,1-2,4H3/b15-5-,30-6+,35-29-. The van der Waals surface area contributed by atoms with Crippen LogP contribution in [0.4, 0.5) is 0 Å². The molecule has 0 saturated carbocycles. The van der Waals surface area contributed by atoms with Gasteiger partial charge in [0.25, 0.3) is 0 Å². The first-order valence-electron chi connectivity index (χ1n) is 14.8. The molecule has 0 aliphatic carbocycles. The summed E-state index contributed by atoms with van der Waals surface area (Å²) in [6.45, 7) is 10.8. The Balaban J connectivity index is 1.44. The lowest BCUT2D eigenvalue weighted by atomic mass is 9.39. The Hall–Kier alpha value is -4.88. The summed E-state index contributed by atoms with van der Waals surface area (Å²) in [5, 5.41) is 0. The second-order valence-electron chi connectivity index (χ2n) is 10.8. The van der Waals surface area contributed by atoms with Gasteiger partial charge in [0.15, 0.2) is 0 Å². The molecule has 0 radical (unpaired) electrons. The van der Waals surface area contributed by atoms with Crippen molar-refractivity contribution in [3.8, 4) is 22.3 Å². The molecule has 202 valence electrons. The molecule has 1 heteroatoms. The molecule has 0 spiro atoms. The predicted octanol–water partition coefficient (Wildman–Crippen LogP) is 8.95. The van der Waals surface area contributed by atoms with E-state index in [1.165, 1.54) is 66.5 Å². The van der Waals surface area contributed by atoms with Crippen molar-refractivity contribution in [1.29, 1.82) is 0 Å². The summed E-state index contributed by atoms with van der Waals surface area (Å²) in [5.41, 5.74) is 16.4. The Kier molecular flexibility index (Phi) is 7.75. The molecule has 42 heavy (non-hydrogen) atoms. The fraction of sp³-hybridized carbons (Fsp3) is 0.0732. The third-order valence-corrected chi connectivity index (χ3v) is 8.50. The van der Waals surface area contributed by atoms with Crippen molar-refractivity contribution in [2.45, 2.75) is 20.8 Å². The van der Waals surface area contributed by atoms with Crippen LogP contribution in [0.1, 0.15) is 37.5 Å². The molecule has 0 aromatic heterocycles. The van der Waals surface area contributed by atoms with Gasteiger partial charge in [-0.15, -0.1) is 0 Å². The fourth-order valence-electron chi connectivity index (χ4n) is 6.42. The highest BCUT2D eigenvalue weighted by atomic mass is 14.2. The van der Waals surface area contributed by atoms with Crippen molar-refractivity contribution in [1.82, 2.24) is 0 Å².